The number of hydrogen-bond acceptors (Lipinski definition) is 7. The number of aromatic nitrogens is 1. The first kappa shape index (κ1) is 20.8. The lowest BCUT2D eigenvalue weighted by Crippen LogP contribution is -2.15. The van der Waals surface area contributed by atoms with Gasteiger partial charge in [-0.3, -0.25) is 4.79 Å². The number of hydrogen-bond donors (Lipinski definition) is 0. The normalized spacial score (nSPS) is 10.5. The van der Waals surface area contributed by atoms with Crippen LogP contribution in [-0.2, 0) is 14.2 Å². The molecule has 0 atom stereocenters. The average Bonchev–Trinajstić information content (AvgIpc) is 3.13. The van der Waals surface area contributed by atoms with Crippen LogP contribution in [0.3, 0.4) is 0 Å². The molecule has 0 aliphatic heterocycles. The summed E-state index contributed by atoms with van der Waals surface area (Å²) in [5, 5.41) is 0. The Kier molecular flexibility index (Phi) is 5.96. The summed E-state index contributed by atoms with van der Waals surface area (Å²) in [6.07, 6.45) is 1.48. The standard InChI is InChI=1S/C22H19NO7/c1-4-30-20(25)14-11-8-12-23-17(14)15(21(26)28-2)16(22(27)29-3)18(23)19(24)13-9-6-5-7-10-13/h5-12H,4H2,1-3H3. The van der Waals surface area contributed by atoms with E-state index in [9.17, 15) is 19.2 Å². The topological polar surface area (TPSA) is 100 Å². The van der Waals surface area contributed by atoms with Crippen molar-refractivity contribution in [2.24, 2.45) is 0 Å². The molecule has 0 saturated heterocycles. The Bertz CT molecular complexity index is 1150. The van der Waals surface area contributed by atoms with Crippen molar-refractivity contribution in [2.75, 3.05) is 20.8 Å². The van der Waals surface area contributed by atoms with Crippen LogP contribution in [0.4, 0.5) is 0 Å². The summed E-state index contributed by atoms with van der Waals surface area (Å²) in [5.74, 6) is -3.03. The van der Waals surface area contributed by atoms with E-state index in [-0.39, 0.29) is 34.5 Å². The monoisotopic (exact) mass is 409 g/mol. The van der Waals surface area contributed by atoms with Gasteiger partial charge in [0.25, 0.3) is 0 Å². The van der Waals surface area contributed by atoms with Crippen LogP contribution in [0.1, 0.15) is 54.0 Å². The molecule has 2 aromatic heterocycles. The molecule has 0 unspecified atom stereocenters. The van der Waals surface area contributed by atoms with Crippen LogP contribution >= 0.6 is 0 Å². The van der Waals surface area contributed by atoms with Gasteiger partial charge >= 0.3 is 17.9 Å². The zero-order valence-electron chi connectivity index (χ0n) is 16.6. The maximum atomic E-state index is 13.3. The summed E-state index contributed by atoms with van der Waals surface area (Å²) in [4.78, 5) is 51.2. The second kappa shape index (κ2) is 8.60. The Hall–Kier alpha value is -3.94. The van der Waals surface area contributed by atoms with Gasteiger partial charge in [0.1, 0.15) is 16.8 Å². The second-order valence-corrected chi connectivity index (χ2v) is 6.14. The third kappa shape index (κ3) is 3.43. The molecule has 0 N–H and O–H groups in total. The van der Waals surface area contributed by atoms with Crippen molar-refractivity contribution in [3.8, 4) is 0 Å². The Labute approximate surface area is 172 Å². The van der Waals surface area contributed by atoms with E-state index in [1.54, 1.807) is 37.3 Å². The predicted molar refractivity (Wildman–Crippen MR) is 106 cm³/mol. The van der Waals surface area contributed by atoms with Gasteiger partial charge in [-0.25, -0.2) is 14.4 Å². The van der Waals surface area contributed by atoms with E-state index in [2.05, 4.69) is 0 Å². The lowest BCUT2D eigenvalue weighted by atomic mass is 10.0. The Balaban J connectivity index is 2.47. The van der Waals surface area contributed by atoms with Gasteiger partial charge in [0, 0.05) is 11.8 Å². The number of methoxy groups -OCH3 is 2. The average molecular weight is 409 g/mol. The molecule has 2 heterocycles. The minimum atomic E-state index is -0.909. The predicted octanol–water partition coefficient (Wildman–Crippen LogP) is 2.92. The molecular weight excluding hydrogens is 390 g/mol. The molecule has 0 spiro atoms. The Morgan fingerprint density at radius 1 is 0.833 bits per heavy atom. The van der Waals surface area contributed by atoms with Crippen LogP contribution in [0, 0.1) is 0 Å². The summed E-state index contributed by atoms with van der Waals surface area (Å²) >= 11 is 0. The lowest BCUT2D eigenvalue weighted by Gasteiger charge is -2.07. The van der Waals surface area contributed by atoms with Gasteiger partial charge in [-0.05, 0) is 19.1 Å². The summed E-state index contributed by atoms with van der Waals surface area (Å²) < 4.78 is 16.1. The summed E-state index contributed by atoms with van der Waals surface area (Å²) in [5.41, 5.74) is -0.309. The van der Waals surface area contributed by atoms with Crippen LogP contribution in [0.15, 0.2) is 48.7 Å². The molecule has 0 saturated carbocycles. The molecule has 8 nitrogen and oxygen atoms in total. The van der Waals surface area contributed by atoms with Gasteiger partial charge < -0.3 is 18.6 Å². The molecule has 3 aromatic rings. The molecule has 0 radical (unpaired) electrons. The fraction of sp³-hybridized carbons (Fsp3) is 0.182. The molecule has 8 heteroatoms. The highest BCUT2D eigenvalue weighted by Crippen LogP contribution is 2.30. The minimum Gasteiger partial charge on any atom is -0.465 e. The van der Waals surface area contributed by atoms with Crippen LogP contribution < -0.4 is 0 Å². The van der Waals surface area contributed by atoms with E-state index in [0.717, 1.165) is 14.2 Å². The third-order valence-electron chi connectivity index (χ3n) is 4.48. The Morgan fingerprint density at radius 2 is 1.47 bits per heavy atom. The van der Waals surface area contributed by atoms with Crippen LogP contribution in [0.2, 0.25) is 0 Å². The van der Waals surface area contributed by atoms with E-state index in [0.29, 0.717) is 5.56 Å². The van der Waals surface area contributed by atoms with E-state index < -0.39 is 23.7 Å². The SMILES string of the molecule is CCOC(=O)c1cccn2c(C(=O)c3ccccc3)c(C(=O)OC)c(C(=O)OC)c12. The zero-order valence-corrected chi connectivity index (χ0v) is 16.6. The minimum absolute atomic E-state index is 0.0111. The maximum absolute atomic E-state index is 13.3. The first-order chi connectivity index (χ1) is 14.5. The molecule has 1 aromatic carbocycles. The summed E-state index contributed by atoms with van der Waals surface area (Å²) in [6.45, 7) is 1.75. The molecule has 0 aliphatic rings. The van der Waals surface area contributed by atoms with Gasteiger partial charge in [-0.15, -0.1) is 0 Å². The van der Waals surface area contributed by atoms with Crippen molar-refractivity contribution >= 4 is 29.2 Å². The number of carbonyl (C=O) groups is 4. The van der Waals surface area contributed by atoms with E-state index in [4.69, 9.17) is 14.2 Å². The first-order valence-corrected chi connectivity index (χ1v) is 9.06. The van der Waals surface area contributed by atoms with Crippen molar-refractivity contribution in [1.82, 2.24) is 4.40 Å². The van der Waals surface area contributed by atoms with Gasteiger partial charge in [0.15, 0.2) is 0 Å². The zero-order chi connectivity index (χ0) is 21.8. The second-order valence-electron chi connectivity index (χ2n) is 6.14. The number of carbonyl (C=O) groups excluding carboxylic acids is 4. The summed E-state index contributed by atoms with van der Waals surface area (Å²) in [6, 6.07) is 11.2. The highest BCUT2D eigenvalue weighted by molar-refractivity contribution is 6.21. The van der Waals surface area contributed by atoms with Gasteiger partial charge in [0.05, 0.1) is 31.9 Å². The highest BCUT2D eigenvalue weighted by Gasteiger charge is 2.35. The van der Waals surface area contributed by atoms with E-state index in [1.807, 2.05) is 0 Å². The lowest BCUT2D eigenvalue weighted by molar-refractivity contribution is 0.0526. The number of ether oxygens (including phenoxy) is 3. The largest absolute Gasteiger partial charge is 0.465 e. The molecule has 154 valence electrons. The Morgan fingerprint density at radius 3 is 2.07 bits per heavy atom. The number of rotatable bonds is 6. The number of ketones is 1. The van der Waals surface area contributed by atoms with Crippen LogP contribution in [-0.4, -0.2) is 48.9 Å². The van der Waals surface area contributed by atoms with Gasteiger partial charge in [-0.1, -0.05) is 30.3 Å². The molecule has 0 amide bonds. The van der Waals surface area contributed by atoms with E-state index in [1.165, 1.54) is 22.7 Å². The van der Waals surface area contributed by atoms with Crippen molar-refractivity contribution < 1.29 is 33.4 Å². The first-order valence-electron chi connectivity index (χ1n) is 9.06. The van der Waals surface area contributed by atoms with Crippen molar-refractivity contribution in [3.63, 3.8) is 0 Å². The van der Waals surface area contributed by atoms with E-state index >= 15 is 0 Å². The quantitative estimate of drug-likeness (QED) is 0.350. The molecule has 0 fully saturated rings. The smallest absolute Gasteiger partial charge is 0.341 e. The van der Waals surface area contributed by atoms with Crippen LogP contribution in [0.5, 0.6) is 0 Å². The maximum Gasteiger partial charge on any atom is 0.341 e. The van der Waals surface area contributed by atoms with Gasteiger partial charge in [0.2, 0.25) is 5.78 Å². The van der Waals surface area contributed by atoms with Gasteiger partial charge in [-0.2, -0.15) is 0 Å². The van der Waals surface area contributed by atoms with Crippen molar-refractivity contribution in [3.05, 3.63) is 76.6 Å². The molecule has 0 bridgehead atoms. The van der Waals surface area contributed by atoms with Crippen LogP contribution in [0.25, 0.3) is 5.52 Å². The fourth-order valence-electron chi connectivity index (χ4n) is 3.23. The molecule has 0 aliphatic carbocycles. The molecular formula is C22H19NO7. The highest BCUT2D eigenvalue weighted by atomic mass is 16.5. The fourth-order valence-corrected chi connectivity index (χ4v) is 3.23. The number of esters is 3. The number of benzene rings is 1. The summed E-state index contributed by atoms with van der Waals surface area (Å²) in [7, 11) is 2.27. The number of pyridine rings is 1. The number of nitrogens with zero attached hydrogens (tertiary/aromatic N) is 1. The van der Waals surface area contributed by atoms with Crippen molar-refractivity contribution in [2.45, 2.75) is 6.92 Å². The van der Waals surface area contributed by atoms with Crippen molar-refractivity contribution in [1.29, 1.82) is 0 Å². The number of fused-ring (bicyclic) bond motifs is 1. The molecule has 30 heavy (non-hydrogen) atoms. The third-order valence-corrected chi connectivity index (χ3v) is 4.48. The molecule has 3 rings (SSSR count).